The molecule has 0 aliphatic heterocycles. The molecule has 24 heavy (non-hydrogen) atoms. The molecule has 0 aliphatic carbocycles. The summed E-state index contributed by atoms with van der Waals surface area (Å²) in [4.78, 5) is 16.9. The number of amides is 1. The Hall–Kier alpha value is -2.41. The zero-order valence-electron chi connectivity index (χ0n) is 14.6. The molecule has 2 aromatic rings. The molecule has 1 atom stereocenters. The number of nitrogens with one attached hydrogen (secondary N) is 1. The summed E-state index contributed by atoms with van der Waals surface area (Å²) in [5.41, 5.74) is 0.295. The van der Waals surface area contributed by atoms with Crippen LogP contribution in [-0.2, 0) is 4.79 Å². The standard InChI is InChI=1S/C20H23FN2O/c1-5-6-10-20(4,12-14(2)3)19(24)23-16-11-15-8-7-9-17(21)18(15)22-13-16/h7-9,11,13-14H,10,12H2,1-4H3,(H,23,24). The van der Waals surface area contributed by atoms with E-state index in [2.05, 4.69) is 36.0 Å². The van der Waals surface area contributed by atoms with Gasteiger partial charge in [0.25, 0.3) is 0 Å². The fourth-order valence-corrected chi connectivity index (χ4v) is 2.90. The number of aromatic nitrogens is 1. The molecule has 3 nitrogen and oxygen atoms in total. The minimum Gasteiger partial charge on any atom is -0.324 e. The van der Waals surface area contributed by atoms with Gasteiger partial charge in [0.05, 0.1) is 17.3 Å². The lowest BCUT2D eigenvalue weighted by molar-refractivity contribution is -0.125. The second-order valence-corrected chi connectivity index (χ2v) is 6.75. The van der Waals surface area contributed by atoms with Crippen LogP contribution in [0.5, 0.6) is 0 Å². The Morgan fingerprint density at radius 1 is 1.42 bits per heavy atom. The first-order valence-electron chi connectivity index (χ1n) is 8.11. The van der Waals surface area contributed by atoms with Gasteiger partial charge in [-0.05, 0) is 38.3 Å². The Labute approximate surface area is 142 Å². The lowest BCUT2D eigenvalue weighted by Crippen LogP contribution is -2.34. The van der Waals surface area contributed by atoms with Gasteiger partial charge >= 0.3 is 0 Å². The van der Waals surface area contributed by atoms with E-state index >= 15 is 0 Å². The smallest absolute Gasteiger partial charge is 0.231 e. The van der Waals surface area contributed by atoms with E-state index < -0.39 is 5.41 Å². The molecule has 0 saturated carbocycles. The van der Waals surface area contributed by atoms with Gasteiger partial charge in [0.15, 0.2) is 0 Å². The zero-order valence-corrected chi connectivity index (χ0v) is 14.6. The molecule has 2 rings (SSSR count). The number of rotatable bonds is 5. The summed E-state index contributed by atoms with van der Waals surface area (Å²) in [5.74, 6) is 5.81. The summed E-state index contributed by atoms with van der Waals surface area (Å²) in [6, 6.07) is 6.52. The Morgan fingerprint density at radius 2 is 2.17 bits per heavy atom. The first-order valence-corrected chi connectivity index (χ1v) is 8.11. The molecule has 1 heterocycles. The maximum Gasteiger partial charge on any atom is 0.231 e. The maximum absolute atomic E-state index is 13.7. The molecule has 0 bridgehead atoms. The van der Waals surface area contributed by atoms with Crippen molar-refractivity contribution >= 4 is 22.5 Å². The molecule has 4 heteroatoms. The minimum atomic E-state index is -0.575. The topological polar surface area (TPSA) is 42.0 Å². The fraction of sp³-hybridized carbons (Fsp3) is 0.400. The molecule has 0 aliphatic rings. The van der Waals surface area contributed by atoms with Crippen molar-refractivity contribution in [3.63, 3.8) is 0 Å². The van der Waals surface area contributed by atoms with Gasteiger partial charge in [-0.15, -0.1) is 11.8 Å². The molecule has 1 unspecified atom stereocenters. The lowest BCUT2D eigenvalue weighted by Gasteiger charge is -2.28. The van der Waals surface area contributed by atoms with Crippen LogP contribution in [0.4, 0.5) is 10.1 Å². The van der Waals surface area contributed by atoms with Crippen LogP contribution >= 0.6 is 0 Å². The van der Waals surface area contributed by atoms with E-state index in [9.17, 15) is 9.18 Å². The summed E-state index contributed by atoms with van der Waals surface area (Å²) in [5, 5.41) is 3.58. The highest BCUT2D eigenvalue weighted by Crippen LogP contribution is 2.31. The van der Waals surface area contributed by atoms with Crippen LogP contribution < -0.4 is 5.32 Å². The van der Waals surface area contributed by atoms with Crippen LogP contribution in [0.25, 0.3) is 10.9 Å². The minimum absolute atomic E-state index is 0.0866. The molecule has 0 spiro atoms. The molecular weight excluding hydrogens is 303 g/mol. The molecule has 1 amide bonds. The summed E-state index contributed by atoms with van der Waals surface area (Å²) >= 11 is 0. The van der Waals surface area contributed by atoms with Gasteiger partial charge in [0, 0.05) is 11.8 Å². The predicted molar refractivity (Wildman–Crippen MR) is 96.0 cm³/mol. The fourth-order valence-electron chi connectivity index (χ4n) is 2.90. The molecule has 0 fully saturated rings. The maximum atomic E-state index is 13.7. The van der Waals surface area contributed by atoms with Crippen molar-refractivity contribution < 1.29 is 9.18 Å². The number of nitrogens with zero attached hydrogens (tertiary/aromatic N) is 1. The number of fused-ring (bicyclic) bond motifs is 1. The quantitative estimate of drug-likeness (QED) is 0.804. The lowest BCUT2D eigenvalue weighted by atomic mass is 9.78. The van der Waals surface area contributed by atoms with Crippen LogP contribution in [0.2, 0.25) is 0 Å². The average Bonchev–Trinajstić information content (AvgIpc) is 2.52. The van der Waals surface area contributed by atoms with Crippen molar-refractivity contribution in [1.29, 1.82) is 0 Å². The summed E-state index contributed by atoms with van der Waals surface area (Å²) in [6.45, 7) is 7.88. The highest BCUT2D eigenvalue weighted by atomic mass is 19.1. The third-order valence-electron chi connectivity index (χ3n) is 3.98. The van der Waals surface area contributed by atoms with Crippen molar-refractivity contribution in [3.05, 3.63) is 36.3 Å². The van der Waals surface area contributed by atoms with Crippen LogP contribution in [0.1, 0.15) is 40.5 Å². The first kappa shape index (κ1) is 17.9. The average molecular weight is 326 g/mol. The number of hydrogen-bond acceptors (Lipinski definition) is 2. The van der Waals surface area contributed by atoms with Gasteiger partial charge in [-0.1, -0.05) is 26.0 Å². The monoisotopic (exact) mass is 326 g/mol. The third-order valence-corrected chi connectivity index (χ3v) is 3.98. The normalized spacial score (nSPS) is 13.2. The van der Waals surface area contributed by atoms with Gasteiger partial charge < -0.3 is 5.32 Å². The molecular formula is C20H23FN2O. The van der Waals surface area contributed by atoms with Gasteiger partial charge in [0.2, 0.25) is 5.91 Å². The molecule has 1 aromatic carbocycles. The van der Waals surface area contributed by atoms with Crippen molar-refractivity contribution in [2.24, 2.45) is 11.3 Å². The number of halogens is 1. The number of anilines is 1. The van der Waals surface area contributed by atoms with Gasteiger partial charge in [-0.2, -0.15) is 0 Å². The van der Waals surface area contributed by atoms with Gasteiger partial charge in [0.1, 0.15) is 11.3 Å². The second kappa shape index (κ2) is 7.44. The molecule has 126 valence electrons. The number of carbonyl (C=O) groups excluding carboxylic acids is 1. The van der Waals surface area contributed by atoms with E-state index in [0.717, 1.165) is 6.42 Å². The largest absolute Gasteiger partial charge is 0.324 e. The van der Waals surface area contributed by atoms with Gasteiger partial charge in [-0.25, -0.2) is 4.39 Å². The van der Waals surface area contributed by atoms with Crippen molar-refractivity contribution in [2.45, 2.75) is 40.5 Å². The SMILES string of the molecule is CC#CCC(C)(CC(C)C)C(=O)Nc1cnc2c(F)cccc2c1. The van der Waals surface area contributed by atoms with Crippen molar-refractivity contribution in [3.8, 4) is 11.8 Å². The number of benzene rings is 1. The van der Waals surface area contributed by atoms with Crippen LogP contribution in [0, 0.1) is 29.0 Å². The number of pyridine rings is 1. The van der Waals surface area contributed by atoms with E-state index in [0.29, 0.717) is 28.9 Å². The van der Waals surface area contributed by atoms with Crippen LogP contribution in [-0.4, -0.2) is 10.9 Å². The molecule has 0 radical (unpaired) electrons. The second-order valence-electron chi connectivity index (χ2n) is 6.75. The summed E-state index contributed by atoms with van der Waals surface area (Å²) in [6.07, 6.45) is 2.73. The van der Waals surface area contributed by atoms with E-state index in [1.54, 1.807) is 25.1 Å². The third kappa shape index (κ3) is 4.11. The van der Waals surface area contributed by atoms with Crippen molar-refractivity contribution in [2.75, 3.05) is 5.32 Å². The highest BCUT2D eigenvalue weighted by molar-refractivity contribution is 5.96. The Balaban J connectivity index is 2.26. The molecule has 1 N–H and O–H groups in total. The van der Waals surface area contributed by atoms with E-state index in [1.807, 2.05) is 6.92 Å². The number of para-hydroxylation sites is 1. The Bertz CT molecular complexity index is 804. The first-order chi connectivity index (χ1) is 11.4. The van der Waals surface area contributed by atoms with Gasteiger partial charge in [-0.3, -0.25) is 9.78 Å². The van der Waals surface area contributed by atoms with E-state index in [1.165, 1.54) is 12.3 Å². The molecule has 1 aromatic heterocycles. The molecule has 0 saturated heterocycles. The summed E-state index contributed by atoms with van der Waals surface area (Å²) in [7, 11) is 0. The number of hydrogen-bond donors (Lipinski definition) is 1. The van der Waals surface area contributed by atoms with Crippen molar-refractivity contribution in [1.82, 2.24) is 4.98 Å². The van der Waals surface area contributed by atoms with Crippen LogP contribution in [0.15, 0.2) is 30.5 Å². The van der Waals surface area contributed by atoms with Crippen LogP contribution in [0.3, 0.4) is 0 Å². The van der Waals surface area contributed by atoms with E-state index in [-0.39, 0.29) is 11.7 Å². The highest BCUT2D eigenvalue weighted by Gasteiger charge is 2.33. The zero-order chi connectivity index (χ0) is 17.7. The Kier molecular flexibility index (Phi) is 5.56. The Morgan fingerprint density at radius 3 is 2.83 bits per heavy atom. The predicted octanol–water partition coefficient (Wildman–Crippen LogP) is 4.78. The van der Waals surface area contributed by atoms with E-state index in [4.69, 9.17) is 0 Å². The number of carbonyl (C=O) groups is 1. The summed E-state index contributed by atoms with van der Waals surface area (Å²) < 4.78 is 13.7.